The summed E-state index contributed by atoms with van der Waals surface area (Å²) in [6.45, 7) is 0.107. The van der Waals surface area contributed by atoms with Gasteiger partial charge in [-0.1, -0.05) is 36.4 Å². The maximum atomic E-state index is 12.4. The molecular weight excluding hydrogens is 410 g/mol. The first-order chi connectivity index (χ1) is 15.5. The molecule has 0 fully saturated rings. The average Bonchev–Trinajstić information content (AvgIpc) is 2.82. The summed E-state index contributed by atoms with van der Waals surface area (Å²) in [5, 5.41) is 23.0. The van der Waals surface area contributed by atoms with Crippen molar-refractivity contribution in [3.05, 3.63) is 99.6 Å². The zero-order valence-corrected chi connectivity index (χ0v) is 17.1. The number of anilines is 1. The zero-order chi connectivity index (χ0) is 22.9. The molecule has 0 heterocycles. The van der Waals surface area contributed by atoms with Crippen LogP contribution in [0.3, 0.4) is 0 Å². The maximum Gasteiger partial charge on any atom is 0.269 e. The van der Waals surface area contributed by atoms with Gasteiger partial charge < -0.3 is 14.8 Å². The largest absolute Gasteiger partial charge is 0.493 e. The van der Waals surface area contributed by atoms with Gasteiger partial charge in [0.25, 0.3) is 11.6 Å². The molecule has 0 aliphatic rings. The van der Waals surface area contributed by atoms with E-state index in [9.17, 15) is 20.2 Å². The summed E-state index contributed by atoms with van der Waals surface area (Å²) in [5.41, 5.74) is 1.71. The molecule has 0 saturated carbocycles. The van der Waals surface area contributed by atoms with E-state index in [0.29, 0.717) is 28.3 Å². The number of rotatable bonds is 8. The number of ether oxygens (including phenoxy) is 2. The fourth-order valence-electron chi connectivity index (χ4n) is 2.85. The highest BCUT2D eigenvalue weighted by Crippen LogP contribution is 2.30. The molecule has 0 aliphatic carbocycles. The Morgan fingerprint density at radius 1 is 1.09 bits per heavy atom. The van der Waals surface area contributed by atoms with Crippen LogP contribution >= 0.6 is 0 Å². The lowest BCUT2D eigenvalue weighted by atomic mass is 10.1. The average molecular weight is 429 g/mol. The monoisotopic (exact) mass is 429 g/mol. The predicted molar refractivity (Wildman–Crippen MR) is 119 cm³/mol. The Balaban J connectivity index is 1.75. The smallest absolute Gasteiger partial charge is 0.269 e. The van der Waals surface area contributed by atoms with Crippen LogP contribution < -0.4 is 14.8 Å². The van der Waals surface area contributed by atoms with Crippen LogP contribution in [0.15, 0.2) is 78.4 Å². The molecule has 0 saturated heterocycles. The van der Waals surface area contributed by atoms with Gasteiger partial charge in [0, 0.05) is 17.8 Å². The molecule has 1 N–H and O–H groups in total. The van der Waals surface area contributed by atoms with Gasteiger partial charge in [-0.2, -0.15) is 5.26 Å². The number of amides is 1. The van der Waals surface area contributed by atoms with Crippen molar-refractivity contribution >= 4 is 23.4 Å². The van der Waals surface area contributed by atoms with Crippen LogP contribution in [0, 0.1) is 21.4 Å². The van der Waals surface area contributed by atoms with Gasteiger partial charge in [-0.25, -0.2) is 0 Å². The van der Waals surface area contributed by atoms with E-state index < -0.39 is 10.8 Å². The number of non-ortho nitro benzene ring substituents is 1. The summed E-state index contributed by atoms with van der Waals surface area (Å²) in [4.78, 5) is 22.8. The molecule has 1 amide bonds. The number of carbonyl (C=O) groups is 1. The molecule has 160 valence electrons. The molecule has 0 atom stereocenters. The number of hydrogen-bond acceptors (Lipinski definition) is 6. The minimum absolute atomic E-state index is 0.0173. The van der Waals surface area contributed by atoms with Crippen LogP contribution in [0.2, 0.25) is 0 Å². The Morgan fingerprint density at radius 2 is 1.88 bits per heavy atom. The molecule has 3 rings (SSSR count). The van der Waals surface area contributed by atoms with Crippen molar-refractivity contribution in [1.29, 1.82) is 5.26 Å². The van der Waals surface area contributed by atoms with Crippen LogP contribution in [0.25, 0.3) is 6.08 Å². The number of nitrogens with zero attached hydrogens (tertiary/aromatic N) is 2. The van der Waals surface area contributed by atoms with Crippen LogP contribution in [-0.2, 0) is 11.4 Å². The number of nitriles is 1. The number of hydrogen-bond donors (Lipinski definition) is 1. The van der Waals surface area contributed by atoms with Gasteiger partial charge in [-0.3, -0.25) is 14.9 Å². The number of nitro groups is 1. The minimum atomic E-state index is -0.524. The maximum absolute atomic E-state index is 12.4. The highest BCUT2D eigenvalue weighted by molar-refractivity contribution is 6.09. The molecule has 0 unspecified atom stereocenters. The number of carbonyl (C=O) groups excluding carboxylic acids is 1. The molecule has 32 heavy (non-hydrogen) atoms. The third-order valence-electron chi connectivity index (χ3n) is 4.41. The van der Waals surface area contributed by atoms with E-state index in [4.69, 9.17) is 9.47 Å². The van der Waals surface area contributed by atoms with Crippen molar-refractivity contribution in [2.24, 2.45) is 0 Å². The summed E-state index contributed by atoms with van der Waals surface area (Å²) in [7, 11) is 1.47. The first-order valence-electron chi connectivity index (χ1n) is 9.52. The number of para-hydroxylation sites is 1. The van der Waals surface area contributed by atoms with Crippen molar-refractivity contribution in [2.45, 2.75) is 6.61 Å². The zero-order valence-electron chi connectivity index (χ0n) is 17.1. The molecule has 0 radical (unpaired) electrons. The van der Waals surface area contributed by atoms with Crippen molar-refractivity contribution in [3.8, 4) is 17.6 Å². The SMILES string of the molecule is COc1cc(/C=C(/C#N)C(=O)Nc2ccccc2)ccc1OCc1cccc([N+](=O)[O-])c1. The second kappa shape index (κ2) is 10.4. The Labute approximate surface area is 184 Å². The van der Waals surface area contributed by atoms with Crippen molar-refractivity contribution in [2.75, 3.05) is 12.4 Å². The molecule has 0 bridgehead atoms. The van der Waals surface area contributed by atoms with Crippen molar-refractivity contribution in [3.63, 3.8) is 0 Å². The molecule has 0 spiro atoms. The van der Waals surface area contributed by atoms with E-state index >= 15 is 0 Å². The summed E-state index contributed by atoms with van der Waals surface area (Å²) >= 11 is 0. The van der Waals surface area contributed by atoms with Crippen LogP contribution in [-0.4, -0.2) is 17.9 Å². The summed E-state index contributed by atoms with van der Waals surface area (Å²) in [5.74, 6) is 0.289. The first kappa shape index (κ1) is 22.1. The van der Waals surface area contributed by atoms with Crippen LogP contribution in [0.4, 0.5) is 11.4 Å². The van der Waals surface area contributed by atoms with Gasteiger partial charge in [-0.15, -0.1) is 0 Å². The van der Waals surface area contributed by atoms with E-state index in [-0.39, 0.29) is 17.9 Å². The van der Waals surface area contributed by atoms with Gasteiger partial charge >= 0.3 is 0 Å². The molecule has 3 aromatic rings. The van der Waals surface area contributed by atoms with Gasteiger partial charge in [-0.05, 0) is 41.5 Å². The van der Waals surface area contributed by atoms with E-state index in [1.165, 1.54) is 25.3 Å². The van der Waals surface area contributed by atoms with Crippen molar-refractivity contribution < 1.29 is 19.2 Å². The second-order valence-corrected chi connectivity index (χ2v) is 6.62. The molecule has 3 aromatic carbocycles. The minimum Gasteiger partial charge on any atom is -0.493 e. The standard InChI is InChI=1S/C24H19N3O5/c1-31-23-14-17(12-19(15-25)24(28)26-20-7-3-2-4-8-20)10-11-22(23)32-16-18-6-5-9-21(13-18)27(29)30/h2-14H,16H2,1H3,(H,26,28)/b19-12-. The fraction of sp³-hybridized carbons (Fsp3) is 0.0833. The van der Waals surface area contributed by atoms with E-state index in [1.54, 1.807) is 54.6 Å². The highest BCUT2D eigenvalue weighted by atomic mass is 16.6. The highest BCUT2D eigenvalue weighted by Gasteiger charge is 2.12. The number of nitrogens with one attached hydrogen (secondary N) is 1. The van der Waals surface area contributed by atoms with Gasteiger partial charge in [0.15, 0.2) is 11.5 Å². The third-order valence-corrected chi connectivity index (χ3v) is 4.41. The quantitative estimate of drug-likeness (QED) is 0.240. The normalized spacial score (nSPS) is 10.7. The molecule has 8 nitrogen and oxygen atoms in total. The number of nitro benzene ring substituents is 1. The number of benzene rings is 3. The molecule has 0 aromatic heterocycles. The Bertz CT molecular complexity index is 1200. The molecular formula is C24H19N3O5. The molecule has 0 aliphatic heterocycles. The van der Waals surface area contributed by atoms with Crippen LogP contribution in [0.1, 0.15) is 11.1 Å². The lowest BCUT2D eigenvalue weighted by Crippen LogP contribution is -2.13. The second-order valence-electron chi connectivity index (χ2n) is 6.62. The van der Waals surface area contributed by atoms with E-state index in [1.807, 2.05) is 12.1 Å². The Kier molecular flexibility index (Phi) is 7.17. The first-order valence-corrected chi connectivity index (χ1v) is 9.52. The number of methoxy groups -OCH3 is 1. The van der Waals surface area contributed by atoms with E-state index in [0.717, 1.165) is 0 Å². The van der Waals surface area contributed by atoms with Crippen LogP contribution in [0.5, 0.6) is 11.5 Å². The summed E-state index contributed by atoms with van der Waals surface area (Å²) < 4.78 is 11.1. The van der Waals surface area contributed by atoms with Gasteiger partial charge in [0.1, 0.15) is 18.2 Å². The van der Waals surface area contributed by atoms with Gasteiger partial charge in [0.05, 0.1) is 12.0 Å². The Hall–Kier alpha value is -4.64. The topological polar surface area (TPSA) is 114 Å². The lowest BCUT2D eigenvalue weighted by molar-refractivity contribution is -0.384. The van der Waals surface area contributed by atoms with Gasteiger partial charge in [0.2, 0.25) is 0 Å². The Morgan fingerprint density at radius 3 is 2.56 bits per heavy atom. The molecule has 8 heteroatoms. The lowest BCUT2D eigenvalue weighted by Gasteiger charge is -2.11. The third kappa shape index (κ3) is 5.70. The van der Waals surface area contributed by atoms with E-state index in [2.05, 4.69) is 5.32 Å². The summed E-state index contributed by atoms with van der Waals surface area (Å²) in [6.07, 6.45) is 1.45. The predicted octanol–water partition coefficient (Wildman–Crippen LogP) is 4.73. The fourth-order valence-corrected chi connectivity index (χ4v) is 2.85. The van der Waals surface area contributed by atoms with Crippen molar-refractivity contribution in [1.82, 2.24) is 0 Å². The summed E-state index contributed by atoms with van der Waals surface area (Å²) in [6, 6.07) is 21.9.